The molecule has 1 aromatic rings. The summed E-state index contributed by atoms with van der Waals surface area (Å²) in [5.74, 6) is 1.10. The van der Waals surface area contributed by atoms with E-state index in [9.17, 15) is 5.11 Å². The van der Waals surface area contributed by atoms with Gasteiger partial charge in [0.25, 0.3) is 0 Å². The number of aromatic nitrogens is 4. The Morgan fingerprint density at radius 1 is 1.62 bits per heavy atom. The highest BCUT2D eigenvalue weighted by molar-refractivity contribution is 4.86. The minimum Gasteiger partial charge on any atom is -0.392 e. The molecule has 5 heteroatoms. The first-order valence-electron chi connectivity index (χ1n) is 4.66. The predicted molar refractivity (Wildman–Crippen MR) is 45.8 cm³/mol. The van der Waals surface area contributed by atoms with Gasteiger partial charge in [0.15, 0.2) is 5.82 Å². The van der Waals surface area contributed by atoms with Gasteiger partial charge in [-0.3, -0.25) is 0 Å². The molecule has 0 saturated heterocycles. The van der Waals surface area contributed by atoms with Gasteiger partial charge in [-0.25, -0.2) is 0 Å². The molecule has 1 fully saturated rings. The average Bonchev–Trinajstić information content (AvgIpc) is 2.31. The van der Waals surface area contributed by atoms with Gasteiger partial charge in [-0.15, -0.1) is 10.2 Å². The second kappa shape index (κ2) is 3.41. The molecule has 1 heterocycles. The summed E-state index contributed by atoms with van der Waals surface area (Å²) in [6, 6.07) is 0. The molecule has 0 aliphatic heterocycles. The Morgan fingerprint density at radius 3 is 2.85 bits per heavy atom. The molecule has 13 heavy (non-hydrogen) atoms. The van der Waals surface area contributed by atoms with Crippen molar-refractivity contribution in [3.05, 3.63) is 5.82 Å². The van der Waals surface area contributed by atoms with Crippen molar-refractivity contribution < 1.29 is 5.11 Å². The van der Waals surface area contributed by atoms with Gasteiger partial charge in [0.05, 0.1) is 13.2 Å². The van der Waals surface area contributed by atoms with Crippen LogP contribution in [0, 0.1) is 5.92 Å². The Bertz CT molecular complexity index is 281. The highest BCUT2D eigenvalue weighted by atomic mass is 16.3. The molecule has 1 aliphatic rings. The van der Waals surface area contributed by atoms with Crippen molar-refractivity contribution >= 4 is 0 Å². The number of hydrogen-bond donors (Lipinski definition) is 1. The Hall–Kier alpha value is -0.970. The zero-order valence-electron chi connectivity index (χ0n) is 7.72. The van der Waals surface area contributed by atoms with E-state index < -0.39 is 0 Å². The van der Waals surface area contributed by atoms with Crippen LogP contribution in [0.2, 0.25) is 0 Å². The Labute approximate surface area is 76.8 Å². The SMILES string of the molecule is Cn1nnc(CC(O)C2CCC2)n1. The molecule has 0 bridgehead atoms. The molecule has 1 aromatic heterocycles. The van der Waals surface area contributed by atoms with Crippen molar-refractivity contribution in [2.45, 2.75) is 31.8 Å². The topological polar surface area (TPSA) is 63.8 Å². The molecule has 1 atom stereocenters. The van der Waals surface area contributed by atoms with Gasteiger partial charge in [-0.05, 0) is 24.0 Å². The van der Waals surface area contributed by atoms with Crippen LogP contribution in [0.25, 0.3) is 0 Å². The van der Waals surface area contributed by atoms with E-state index >= 15 is 0 Å². The van der Waals surface area contributed by atoms with E-state index in [0.717, 1.165) is 12.8 Å². The summed E-state index contributed by atoms with van der Waals surface area (Å²) in [5.41, 5.74) is 0. The Kier molecular flexibility index (Phi) is 2.26. The molecule has 0 amide bonds. The molecule has 2 rings (SSSR count). The number of aryl methyl sites for hydroxylation is 1. The fraction of sp³-hybridized carbons (Fsp3) is 0.875. The number of aliphatic hydroxyl groups is 1. The number of tetrazole rings is 1. The van der Waals surface area contributed by atoms with Crippen LogP contribution in [-0.2, 0) is 13.5 Å². The second-order valence-electron chi connectivity index (χ2n) is 3.66. The van der Waals surface area contributed by atoms with E-state index in [1.54, 1.807) is 7.05 Å². The highest BCUT2D eigenvalue weighted by Gasteiger charge is 2.26. The summed E-state index contributed by atoms with van der Waals surface area (Å²) < 4.78 is 0. The number of aliphatic hydroxyl groups excluding tert-OH is 1. The van der Waals surface area contributed by atoms with Crippen LogP contribution in [0.15, 0.2) is 0 Å². The predicted octanol–water partition coefficient (Wildman–Crippen LogP) is -0.0864. The van der Waals surface area contributed by atoms with Gasteiger partial charge in [0.1, 0.15) is 0 Å². The smallest absolute Gasteiger partial charge is 0.177 e. The molecule has 0 radical (unpaired) electrons. The van der Waals surface area contributed by atoms with Crippen LogP contribution >= 0.6 is 0 Å². The quantitative estimate of drug-likeness (QED) is 0.709. The van der Waals surface area contributed by atoms with Crippen molar-refractivity contribution in [1.29, 1.82) is 0 Å². The van der Waals surface area contributed by atoms with Crippen LogP contribution in [0.1, 0.15) is 25.1 Å². The molecule has 0 aromatic carbocycles. The molecular weight excluding hydrogens is 168 g/mol. The maximum absolute atomic E-state index is 9.71. The van der Waals surface area contributed by atoms with Gasteiger partial charge >= 0.3 is 0 Å². The van der Waals surface area contributed by atoms with Gasteiger partial charge < -0.3 is 5.11 Å². The summed E-state index contributed by atoms with van der Waals surface area (Å²) in [6.07, 6.45) is 3.79. The lowest BCUT2D eigenvalue weighted by Gasteiger charge is -2.29. The minimum atomic E-state index is -0.280. The Morgan fingerprint density at radius 2 is 2.38 bits per heavy atom. The summed E-state index contributed by atoms with van der Waals surface area (Å²) in [5, 5.41) is 21.3. The van der Waals surface area contributed by atoms with Crippen LogP contribution in [0.3, 0.4) is 0 Å². The third-order valence-electron chi connectivity index (χ3n) is 2.64. The van der Waals surface area contributed by atoms with E-state index in [2.05, 4.69) is 15.4 Å². The third-order valence-corrected chi connectivity index (χ3v) is 2.64. The van der Waals surface area contributed by atoms with Crippen LogP contribution in [0.4, 0.5) is 0 Å². The highest BCUT2D eigenvalue weighted by Crippen LogP contribution is 2.30. The molecule has 5 nitrogen and oxygen atoms in total. The van der Waals surface area contributed by atoms with Gasteiger partial charge in [0.2, 0.25) is 0 Å². The lowest BCUT2D eigenvalue weighted by atomic mass is 9.80. The number of hydrogen-bond acceptors (Lipinski definition) is 4. The average molecular weight is 182 g/mol. The molecular formula is C8H14N4O. The normalized spacial score (nSPS) is 19.8. The van der Waals surface area contributed by atoms with Crippen molar-refractivity contribution in [3.63, 3.8) is 0 Å². The molecule has 1 N–H and O–H groups in total. The maximum Gasteiger partial charge on any atom is 0.177 e. The summed E-state index contributed by atoms with van der Waals surface area (Å²) in [7, 11) is 1.73. The molecule has 1 aliphatic carbocycles. The van der Waals surface area contributed by atoms with Crippen LogP contribution in [-0.4, -0.2) is 31.4 Å². The fourth-order valence-electron chi connectivity index (χ4n) is 1.58. The van der Waals surface area contributed by atoms with Gasteiger partial charge in [-0.1, -0.05) is 6.42 Å². The molecule has 1 saturated carbocycles. The van der Waals surface area contributed by atoms with Crippen molar-refractivity contribution in [1.82, 2.24) is 20.2 Å². The minimum absolute atomic E-state index is 0.280. The largest absolute Gasteiger partial charge is 0.392 e. The van der Waals surface area contributed by atoms with E-state index in [0.29, 0.717) is 18.2 Å². The van der Waals surface area contributed by atoms with E-state index in [1.807, 2.05) is 0 Å². The summed E-state index contributed by atoms with van der Waals surface area (Å²) in [4.78, 5) is 1.42. The summed E-state index contributed by atoms with van der Waals surface area (Å²) >= 11 is 0. The Balaban J connectivity index is 1.89. The second-order valence-corrected chi connectivity index (χ2v) is 3.66. The van der Waals surface area contributed by atoms with Crippen molar-refractivity contribution in [2.75, 3.05) is 0 Å². The van der Waals surface area contributed by atoms with E-state index in [4.69, 9.17) is 0 Å². The number of rotatable bonds is 3. The molecule has 72 valence electrons. The first kappa shape index (κ1) is 8.62. The van der Waals surface area contributed by atoms with Gasteiger partial charge in [0, 0.05) is 6.42 Å². The molecule has 0 spiro atoms. The van der Waals surface area contributed by atoms with Crippen molar-refractivity contribution in [2.24, 2.45) is 13.0 Å². The van der Waals surface area contributed by atoms with Crippen LogP contribution in [0.5, 0.6) is 0 Å². The number of nitrogens with zero attached hydrogens (tertiary/aromatic N) is 4. The first-order valence-corrected chi connectivity index (χ1v) is 4.66. The molecule has 1 unspecified atom stereocenters. The monoisotopic (exact) mass is 182 g/mol. The van der Waals surface area contributed by atoms with E-state index in [1.165, 1.54) is 11.2 Å². The van der Waals surface area contributed by atoms with Crippen LogP contribution < -0.4 is 0 Å². The van der Waals surface area contributed by atoms with Crippen molar-refractivity contribution in [3.8, 4) is 0 Å². The lowest BCUT2D eigenvalue weighted by Crippen LogP contribution is -2.28. The maximum atomic E-state index is 9.71. The summed E-state index contributed by atoms with van der Waals surface area (Å²) in [6.45, 7) is 0. The zero-order chi connectivity index (χ0) is 9.26. The van der Waals surface area contributed by atoms with Gasteiger partial charge in [-0.2, -0.15) is 4.80 Å². The van der Waals surface area contributed by atoms with E-state index in [-0.39, 0.29) is 6.10 Å². The zero-order valence-corrected chi connectivity index (χ0v) is 7.72. The third kappa shape index (κ3) is 1.85. The fourth-order valence-corrected chi connectivity index (χ4v) is 1.58. The standard InChI is InChI=1S/C8H14N4O/c1-12-10-8(9-11-12)5-7(13)6-3-2-4-6/h6-7,13H,2-5H2,1H3. The first-order chi connectivity index (χ1) is 6.25. The lowest BCUT2D eigenvalue weighted by molar-refractivity contribution is 0.0614.